The number of non-ortho nitro benzene ring substituents is 1. The molecule has 37 heavy (non-hydrogen) atoms. The second kappa shape index (κ2) is 10.9. The highest BCUT2D eigenvalue weighted by Gasteiger charge is 2.39. The van der Waals surface area contributed by atoms with Gasteiger partial charge in [-0.05, 0) is 72.7 Å². The Morgan fingerprint density at radius 3 is 2.08 bits per heavy atom. The summed E-state index contributed by atoms with van der Waals surface area (Å²) in [6, 6.07) is 4.46. The van der Waals surface area contributed by atoms with E-state index in [-0.39, 0.29) is 22.4 Å². The van der Waals surface area contributed by atoms with Gasteiger partial charge in [0.2, 0.25) is 0 Å². The van der Waals surface area contributed by atoms with E-state index in [2.05, 4.69) is 46.5 Å². The summed E-state index contributed by atoms with van der Waals surface area (Å²) in [7, 11) is -4.10. The molecular formula is C29H43N3O4S. The quantitative estimate of drug-likeness (QED) is 0.275. The normalized spacial score (nSPS) is 29.1. The van der Waals surface area contributed by atoms with E-state index in [1.807, 2.05) is 0 Å². The molecule has 0 bridgehead atoms. The summed E-state index contributed by atoms with van der Waals surface area (Å²) in [5, 5.41) is 11.7. The molecule has 1 aromatic carbocycles. The van der Waals surface area contributed by atoms with Crippen molar-refractivity contribution in [2.24, 2.45) is 35.5 Å². The predicted octanol–water partition coefficient (Wildman–Crippen LogP) is 7.38. The molecule has 0 spiro atoms. The van der Waals surface area contributed by atoms with Gasteiger partial charge in [-0.25, -0.2) is 17.4 Å². The van der Waals surface area contributed by atoms with Gasteiger partial charge >= 0.3 is 0 Å². The molecule has 0 saturated heterocycles. The molecule has 6 unspecified atom stereocenters. The lowest BCUT2D eigenvalue weighted by molar-refractivity contribution is -0.385. The number of hydrogen-bond acceptors (Lipinski definition) is 5. The molecular weight excluding hydrogens is 486 g/mol. The predicted molar refractivity (Wildman–Crippen MR) is 146 cm³/mol. The van der Waals surface area contributed by atoms with Crippen LogP contribution in [0.4, 0.5) is 5.69 Å². The number of aromatic nitrogens is 2. The average Bonchev–Trinajstić information content (AvgIpc) is 3.34. The van der Waals surface area contributed by atoms with E-state index in [4.69, 9.17) is 0 Å². The van der Waals surface area contributed by atoms with Gasteiger partial charge in [0.1, 0.15) is 5.82 Å². The smallest absolute Gasteiger partial charge is 0.258 e. The second-order valence-electron chi connectivity index (χ2n) is 12.4. The van der Waals surface area contributed by atoms with Crippen molar-refractivity contribution in [2.45, 2.75) is 96.8 Å². The first-order chi connectivity index (χ1) is 17.4. The van der Waals surface area contributed by atoms with Crippen LogP contribution < -0.4 is 0 Å². The van der Waals surface area contributed by atoms with Gasteiger partial charge in [0.05, 0.1) is 9.82 Å². The minimum Gasteiger partial charge on any atom is -0.258 e. The monoisotopic (exact) mass is 529 g/mol. The van der Waals surface area contributed by atoms with Crippen molar-refractivity contribution in [3.05, 3.63) is 52.1 Å². The first-order valence-corrected chi connectivity index (χ1v) is 15.4. The molecule has 204 valence electrons. The summed E-state index contributed by atoms with van der Waals surface area (Å²) < 4.78 is 30.2. The van der Waals surface area contributed by atoms with E-state index in [1.54, 1.807) is 12.3 Å². The third-order valence-electron chi connectivity index (χ3n) is 9.16. The summed E-state index contributed by atoms with van der Waals surface area (Å²) in [5.41, 5.74) is 0.521. The van der Waals surface area contributed by atoms with Gasteiger partial charge in [-0.15, -0.1) is 0 Å². The van der Waals surface area contributed by atoms with Crippen LogP contribution in [0, 0.1) is 45.6 Å². The fourth-order valence-electron chi connectivity index (χ4n) is 7.10. The van der Waals surface area contributed by atoms with E-state index in [0.29, 0.717) is 46.9 Å². The van der Waals surface area contributed by atoms with Crippen LogP contribution in [0.15, 0.2) is 35.5 Å². The Labute approximate surface area is 222 Å². The fraction of sp³-hybridized carbons (Fsp3) is 0.690. The number of nitro benzene ring substituents is 1. The molecule has 1 heterocycles. The van der Waals surface area contributed by atoms with Crippen LogP contribution in [0.1, 0.15) is 103 Å². The molecule has 1 aromatic heterocycles. The van der Waals surface area contributed by atoms with E-state index in [1.165, 1.54) is 22.3 Å². The molecule has 7 nitrogen and oxygen atoms in total. The molecule has 6 atom stereocenters. The molecule has 0 amide bonds. The Kier molecular flexibility index (Phi) is 8.17. The zero-order chi connectivity index (χ0) is 27.1. The van der Waals surface area contributed by atoms with Crippen molar-refractivity contribution in [3.8, 4) is 0 Å². The van der Waals surface area contributed by atoms with Crippen molar-refractivity contribution in [1.82, 2.24) is 8.96 Å². The highest BCUT2D eigenvalue weighted by atomic mass is 32.2. The molecule has 0 radical (unpaired) electrons. The topological polar surface area (TPSA) is 95.1 Å². The number of hydrogen-bond donors (Lipinski definition) is 0. The third kappa shape index (κ3) is 5.50. The minimum atomic E-state index is -4.10. The summed E-state index contributed by atoms with van der Waals surface area (Å²) in [6.07, 6.45) is 9.23. The highest BCUT2D eigenvalue weighted by molar-refractivity contribution is 7.90. The lowest BCUT2D eigenvalue weighted by Gasteiger charge is -2.38. The van der Waals surface area contributed by atoms with Crippen LogP contribution in [0.2, 0.25) is 0 Å². The van der Waals surface area contributed by atoms with Gasteiger partial charge < -0.3 is 0 Å². The van der Waals surface area contributed by atoms with Gasteiger partial charge in [0.25, 0.3) is 15.7 Å². The van der Waals surface area contributed by atoms with Gasteiger partial charge in [-0.1, -0.05) is 60.5 Å². The van der Waals surface area contributed by atoms with Crippen molar-refractivity contribution in [1.29, 1.82) is 0 Å². The number of rotatable bonds is 7. The fourth-order valence-corrected chi connectivity index (χ4v) is 8.74. The summed E-state index contributed by atoms with van der Waals surface area (Å²) in [4.78, 5) is 15.9. The zero-order valence-electron chi connectivity index (χ0n) is 23.1. The maximum Gasteiger partial charge on any atom is 0.270 e. The Hall–Kier alpha value is -2.22. The van der Waals surface area contributed by atoms with Crippen LogP contribution in [-0.4, -0.2) is 22.3 Å². The summed E-state index contributed by atoms with van der Waals surface area (Å²) in [6.45, 7) is 13.2. The molecule has 2 aromatic rings. The van der Waals surface area contributed by atoms with Crippen molar-refractivity contribution in [2.75, 3.05) is 0 Å². The maximum absolute atomic E-state index is 14.4. The molecule has 2 saturated carbocycles. The number of nitrogens with zero attached hydrogens (tertiary/aromatic N) is 3. The average molecular weight is 530 g/mol. The molecule has 0 N–H and O–H groups in total. The van der Waals surface area contributed by atoms with Gasteiger partial charge in [-0.2, -0.15) is 0 Å². The van der Waals surface area contributed by atoms with Gasteiger partial charge in [-0.3, -0.25) is 10.1 Å². The molecule has 0 aliphatic heterocycles. The van der Waals surface area contributed by atoms with Gasteiger partial charge in [0.15, 0.2) is 0 Å². The third-order valence-corrected chi connectivity index (χ3v) is 10.9. The SMILES string of the molecule is CC1CCC(C(C)C)C(c2ccc([N+](=O)[O-])cc2S(=O)(=O)n2ccnc2C2CC(C)CCC2C(C)C)C1. The number of benzene rings is 1. The number of nitro groups is 1. The molecule has 2 fully saturated rings. The second-order valence-corrected chi connectivity index (χ2v) is 14.2. The van der Waals surface area contributed by atoms with Crippen LogP contribution >= 0.6 is 0 Å². The Balaban J connectivity index is 1.86. The first-order valence-electron chi connectivity index (χ1n) is 14.0. The van der Waals surface area contributed by atoms with Crippen molar-refractivity contribution < 1.29 is 13.3 Å². The lowest BCUT2D eigenvalue weighted by Crippen LogP contribution is -2.31. The highest BCUT2D eigenvalue weighted by Crippen LogP contribution is 2.47. The van der Waals surface area contributed by atoms with Crippen LogP contribution in [0.25, 0.3) is 0 Å². The Morgan fingerprint density at radius 2 is 1.51 bits per heavy atom. The summed E-state index contributed by atoms with van der Waals surface area (Å²) in [5.74, 6) is 3.10. The molecule has 4 rings (SSSR count). The van der Waals surface area contributed by atoms with E-state index in [9.17, 15) is 18.5 Å². The Morgan fingerprint density at radius 1 is 0.946 bits per heavy atom. The first kappa shape index (κ1) is 27.8. The van der Waals surface area contributed by atoms with Crippen molar-refractivity contribution in [3.63, 3.8) is 0 Å². The van der Waals surface area contributed by atoms with Crippen LogP contribution in [-0.2, 0) is 10.0 Å². The molecule has 2 aliphatic carbocycles. The van der Waals surface area contributed by atoms with Crippen LogP contribution in [0.3, 0.4) is 0 Å². The maximum atomic E-state index is 14.4. The van der Waals surface area contributed by atoms with E-state index >= 15 is 0 Å². The molecule has 2 aliphatic rings. The standard InChI is InChI=1S/C29H43N3O4S/c1-18(2)23-10-7-20(5)15-26(23)25-12-9-22(32(33)34)17-28(25)37(35,36)31-14-13-30-29(31)27-16-21(6)8-11-24(27)19(3)4/h9,12-14,17-21,23-24,26-27H,7-8,10-11,15-16H2,1-6H3. The zero-order valence-corrected chi connectivity index (χ0v) is 23.9. The van der Waals surface area contributed by atoms with E-state index in [0.717, 1.165) is 38.5 Å². The van der Waals surface area contributed by atoms with E-state index < -0.39 is 14.9 Å². The number of imidazole rings is 1. The minimum absolute atomic E-state index is 0.0359. The molecule has 8 heteroatoms. The van der Waals surface area contributed by atoms with Crippen LogP contribution in [0.5, 0.6) is 0 Å². The summed E-state index contributed by atoms with van der Waals surface area (Å²) >= 11 is 0. The lowest BCUT2D eigenvalue weighted by atomic mass is 9.67. The van der Waals surface area contributed by atoms with Crippen molar-refractivity contribution >= 4 is 15.7 Å². The Bertz CT molecular complexity index is 1220. The van der Waals surface area contributed by atoms with Gasteiger partial charge in [0, 0.05) is 30.4 Å². The largest absolute Gasteiger partial charge is 0.270 e.